The third-order valence-electron chi connectivity index (χ3n) is 4.46. The van der Waals surface area contributed by atoms with Crippen molar-refractivity contribution in [1.82, 2.24) is 25.8 Å². The lowest BCUT2D eigenvalue weighted by atomic mass is 10.2. The van der Waals surface area contributed by atoms with E-state index in [1.807, 2.05) is 26.0 Å². The quantitative estimate of drug-likeness (QED) is 0.455. The van der Waals surface area contributed by atoms with Crippen LogP contribution in [0.5, 0.6) is 0 Å². The summed E-state index contributed by atoms with van der Waals surface area (Å²) in [5.74, 6) is 1.31. The summed E-state index contributed by atoms with van der Waals surface area (Å²) in [7, 11) is 0. The maximum absolute atomic E-state index is 12.1. The van der Waals surface area contributed by atoms with Crippen LogP contribution in [-0.2, 0) is 13.0 Å². The van der Waals surface area contributed by atoms with Crippen LogP contribution < -0.4 is 16.0 Å². The van der Waals surface area contributed by atoms with Gasteiger partial charge in [0.05, 0.1) is 0 Å². The van der Waals surface area contributed by atoms with Crippen LogP contribution in [-0.4, -0.2) is 33.6 Å². The zero-order chi connectivity index (χ0) is 22.1. The largest absolute Gasteiger partial charge is 0.339 e. The number of rotatable bonds is 9. The first-order chi connectivity index (χ1) is 15.0. The van der Waals surface area contributed by atoms with E-state index in [1.165, 1.54) is 0 Å². The van der Waals surface area contributed by atoms with E-state index >= 15 is 0 Å². The summed E-state index contributed by atoms with van der Waals surface area (Å²) in [4.78, 5) is 32.3. The van der Waals surface area contributed by atoms with E-state index < -0.39 is 0 Å². The molecule has 9 nitrogen and oxygen atoms in total. The highest BCUT2D eigenvalue weighted by molar-refractivity contribution is 6.04. The molecule has 0 saturated carbocycles. The fourth-order valence-electron chi connectivity index (χ4n) is 2.70. The van der Waals surface area contributed by atoms with Gasteiger partial charge in [-0.15, -0.1) is 0 Å². The number of aromatic nitrogens is 3. The van der Waals surface area contributed by atoms with Gasteiger partial charge in [-0.05, 0) is 36.2 Å². The average molecular weight is 422 g/mol. The molecular formula is C22H26N6O3. The lowest BCUT2D eigenvalue weighted by Crippen LogP contribution is -2.35. The molecule has 2 aromatic heterocycles. The molecule has 0 atom stereocenters. The Labute approximate surface area is 180 Å². The number of nitrogens with zero attached hydrogens (tertiary/aromatic N) is 3. The van der Waals surface area contributed by atoms with Crippen molar-refractivity contribution in [3.63, 3.8) is 0 Å². The minimum absolute atomic E-state index is 0.200. The van der Waals surface area contributed by atoms with Crippen molar-refractivity contribution in [2.24, 2.45) is 0 Å². The Morgan fingerprint density at radius 2 is 1.77 bits per heavy atom. The second-order valence-electron chi connectivity index (χ2n) is 7.30. The lowest BCUT2D eigenvalue weighted by molar-refractivity contribution is 0.102. The number of pyridine rings is 1. The van der Waals surface area contributed by atoms with Crippen molar-refractivity contribution < 1.29 is 14.1 Å². The van der Waals surface area contributed by atoms with Crippen LogP contribution in [0.15, 0.2) is 53.3 Å². The molecule has 162 valence electrons. The summed E-state index contributed by atoms with van der Waals surface area (Å²) in [5, 5.41) is 12.4. The molecule has 3 N–H and O–H groups in total. The summed E-state index contributed by atoms with van der Waals surface area (Å²) < 4.78 is 5.18. The number of urea groups is 1. The molecule has 31 heavy (non-hydrogen) atoms. The summed E-state index contributed by atoms with van der Waals surface area (Å²) in [6.45, 7) is 4.90. The second kappa shape index (κ2) is 10.9. The highest BCUT2D eigenvalue weighted by Crippen LogP contribution is 2.12. The Morgan fingerprint density at radius 1 is 1.03 bits per heavy atom. The molecule has 0 bridgehead atoms. The van der Waals surface area contributed by atoms with Gasteiger partial charge in [-0.25, -0.2) is 4.79 Å². The fraction of sp³-hybridized carbons (Fsp3) is 0.318. The van der Waals surface area contributed by atoms with E-state index in [0.29, 0.717) is 48.9 Å². The molecule has 0 saturated heterocycles. The van der Waals surface area contributed by atoms with Crippen molar-refractivity contribution in [1.29, 1.82) is 0 Å². The lowest BCUT2D eigenvalue weighted by Gasteiger charge is -2.09. The first-order valence-electron chi connectivity index (χ1n) is 10.2. The highest BCUT2D eigenvalue weighted by atomic mass is 16.5. The van der Waals surface area contributed by atoms with Crippen molar-refractivity contribution >= 4 is 17.6 Å². The van der Waals surface area contributed by atoms with Crippen LogP contribution in [0.1, 0.15) is 53.8 Å². The molecule has 2 heterocycles. The number of anilines is 1. The summed E-state index contributed by atoms with van der Waals surface area (Å²) in [5.41, 5.74) is 2.14. The molecule has 0 radical (unpaired) electrons. The van der Waals surface area contributed by atoms with E-state index in [2.05, 4.69) is 31.1 Å². The van der Waals surface area contributed by atoms with E-state index in [0.717, 1.165) is 5.56 Å². The third kappa shape index (κ3) is 6.91. The number of aryl methyl sites for hydroxylation is 1. The van der Waals surface area contributed by atoms with Gasteiger partial charge < -0.3 is 20.5 Å². The molecule has 0 aliphatic carbocycles. The Bertz CT molecular complexity index is 986. The van der Waals surface area contributed by atoms with Gasteiger partial charge in [-0.2, -0.15) is 4.98 Å². The van der Waals surface area contributed by atoms with E-state index in [4.69, 9.17) is 4.52 Å². The molecule has 9 heteroatoms. The zero-order valence-corrected chi connectivity index (χ0v) is 17.6. The number of carbonyl (C=O) groups is 2. The van der Waals surface area contributed by atoms with E-state index in [-0.39, 0.29) is 17.9 Å². The van der Waals surface area contributed by atoms with Gasteiger partial charge in [0.15, 0.2) is 5.82 Å². The van der Waals surface area contributed by atoms with Crippen LogP contribution >= 0.6 is 0 Å². The SMILES string of the molecule is CC(C)c1noc(CCCNC(=O)NCc2ccc(NC(=O)c3ccncc3)cc2)n1. The molecule has 3 amide bonds. The predicted molar refractivity (Wildman–Crippen MR) is 116 cm³/mol. The number of carbonyl (C=O) groups excluding carboxylic acids is 2. The summed E-state index contributed by atoms with van der Waals surface area (Å²) >= 11 is 0. The molecule has 3 rings (SSSR count). The highest BCUT2D eigenvalue weighted by Gasteiger charge is 2.09. The van der Waals surface area contributed by atoms with Crippen molar-refractivity contribution in [2.75, 3.05) is 11.9 Å². The normalized spacial score (nSPS) is 10.7. The zero-order valence-electron chi connectivity index (χ0n) is 17.6. The van der Waals surface area contributed by atoms with Crippen LogP contribution in [0, 0.1) is 0 Å². The van der Waals surface area contributed by atoms with Gasteiger partial charge in [0.1, 0.15) is 0 Å². The Balaban J connectivity index is 1.34. The number of amides is 3. The van der Waals surface area contributed by atoms with Gasteiger partial charge in [-0.3, -0.25) is 9.78 Å². The maximum Gasteiger partial charge on any atom is 0.315 e. The molecule has 3 aromatic rings. The molecule has 0 aliphatic rings. The third-order valence-corrected chi connectivity index (χ3v) is 4.46. The fourth-order valence-corrected chi connectivity index (χ4v) is 2.70. The predicted octanol–water partition coefficient (Wildman–Crippen LogP) is 3.27. The van der Waals surface area contributed by atoms with Gasteiger partial charge in [0, 0.05) is 49.1 Å². The van der Waals surface area contributed by atoms with E-state index in [9.17, 15) is 9.59 Å². The van der Waals surface area contributed by atoms with Gasteiger partial charge in [-0.1, -0.05) is 31.1 Å². The molecule has 1 aromatic carbocycles. The van der Waals surface area contributed by atoms with E-state index in [1.54, 1.807) is 36.7 Å². The van der Waals surface area contributed by atoms with Gasteiger partial charge in [0.2, 0.25) is 5.89 Å². The molecule has 0 spiro atoms. The molecular weight excluding hydrogens is 396 g/mol. The smallest absolute Gasteiger partial charge is 0.315 e. The maximum atomic E-state index is 12.1. The minimum atomic E-state index is -0.247. The average Bonchev–Trinajstić information content (AvgIpc) is 3.26. The van der Waals surface area contributed by atoms with Crippen LogP contribution in [0.4, 0.5) is 10.5 Å². The van der Waals surface area contributed by atoms with Crippen molar-refractivity contribution in [2.45, 2.75) is 39.2 Å². The van der Waals surface area contributed by atoms with Crippen LogP contribution in [0.25, 0.3) is 0 Å². The topological polar surface area (TPSA) is 122 Å². The number of hydrogen-bond acceptors (Lipinski definition) is 6. The minimum Gasteiger partial charge on any atom is -0.339 e. The Hall–Kier alpha value is -3.75. The number of hydrogen-bond donors (Lipinski definition) is 3. The Morgan fingerprint density at radius 3 is 2.45 bits per heavy atom. The molecule has 0 aliphatic heterocycles. The number of benzene rings is 1. The summed E-state index contributed by atoms with van der Waals surface area (Å²) in [6.07, 6.45) is 4.47. The standard InChI is InChI=1S/C22H26N6O3/c1-15(2)20-27-19(31-28-20)4-3-11-24-22(30)25-14-16-5-7-18(8-6-16)26-21(29)17-9-12-23-13-10-17/h5-10,12-13,15H,3-4,11,14H2,1-2H3,(H,26,29)(H2,24,25,30). The molecule has 0 unspecified atom stereocenters. The van der Waals surface area contributed by atoms with Gasteiger partial charge in [0.25, 0.3) is 5.91 Å². The van der Waals surface area contributed by atoms with Crippen LogP contribution in [0.3, 0.4) is 0 Å². The van der Waals surface area contributed by atoms with Gasteiger partial charge >= 0.3 is 6.03 Å². The first-order valence-corrected chi connectivity index (χ1v) is 10.2. The number of nitrogens with one attached hydrogen (secondary N) is 3. The first kappa shape index (κ1) is 21.9. The van der Waals surface area contributed by atoms with Crippen molar-refractivity contribution in [3.8, 4) is 0 Å². The monoisotopic (exact) mass is 422 g/mol. The second-order valence-corrected chi connectivity index (χ2v) is 7.30. The van der Waals surface area contributed by atoms with Crippen LogP contribution in [0.2, 0.25) is 0 Å². The molecule has 0 fully saturated rings. The summed E-state index contributed by atoms with van der Waals surface area (Å²) in [6, 6.07) is 10.3. The Kier molecular flexibility index (Phi) is 7.69. The van der Waals surface area contributed by atoms with Crippen molar-refractivity contribution in [3.05, 3.63) is 71.6 Å².